The van der Waals surface area contributed by atoms with E-state index in [1.807, 2.05) is 4.90 Å². The number of carboxylic acid groups (broad SMARTS) is 1. The lowest BCUT2D eigenvalue weighted by atomic mass is 9.91. The summed E-state index contributed by atoms with van der Waals surface area (Å²) in [5, 5.41) is 21.1. The van der Waals surface area contributed by atoms with Crippen LogP contribution in [-0.2, 0) is 4.79 Å². The highest BCUT2D eigenvalue weighted by molar-refractivity contribution is 5.69. The summed E-state index contributed by atoms with van der Waals surface area (Å²) in [6.45, 7) is 4.82. The molecule has 1 aliphatic rings. The molecule has 5 heteroatoms. The van der Waals surface area contributed by atoms with Gasteiger partial charge in [0.2, 0.25) is 0 Å². The highest BCUT2D eigenvalue weighted by atomic mass is 16.4. The molecule has 2 unspecified atom stereocenters. The molecule has 2 atom stereocenters. The number of piperidine rings is 1. The van der Waals surface area contributed by atoms with Crippen molar-refractivity contribution in [3.05, 3.63) is 0 Å². The van der Waals surface area contributed by atoms with E-state index in [9.17, 15) is 4.79 Å². The van der Waals surface area contributed by atoms with Crippen molar-refractivity contribution in [3.8, 4) is 0 Å². The molecule has 0 saturated carbocycles. The summed E-state index contributed by atoms with van der Waals surface area (Å²) < 4.78 is 0. The molecule has 0 aromatic rings. The zero-order valence-corrected chi connectivity index (χ0v) is 9.85. The molecule has 1 fully saturated rings. The van der Waals surface area contributed by atoms with E-state index >= 15 is 0 Å². The molecule has 94 valence electrons. The van der Waals surface area contributed by atoms with Gasteiger partial charge in [0, 0.05) is 25.7 Å². The third-order valence-corrected chi connectivity index (χ3v) is 3.00. The van der Waals surface area contributed by atoms with E-state index in [-0.39, 0.29) is 13.2 Å². The molecule has 0 aromatic heterocycles. The van der Waals surface area contributed by atoms with Gasteiger partial charge in [-0.15, -0.1) is 0 Å². The van der Waals surface area contributed by atoms with Gasteiger partial charge in [0.1, 0.15) is 0 Å². The number of carboxylic acids is 1. The fourth-order valence-electron chi connectivity index (χ4n) is 2.45. The first-order valence-corrected chi connectivity index (χ1v) is 5.94. The molecule has 3 N–H and O–H groups in total. The fourth-order valence-corrected chi connectivity index (χ4v) is 2.45. The molecule has 1 saturated heterocycles. The number of nitrogens with zero attached hydrogens (tertiary/aromatic N) is 1. The Bertz CT molecular complexity index is 209. The van der Waals surface area contributed by atoms with Gasteiger partial charge in [-0.3, -0.25) is 9.69 Å². The fraction of sp³-hybridized carbons (Fsp3) is 0.909. The van der Waals surface area contributed by atoms with Gasteiger partial charge in [0.15, 0.2) is 0 Å². The summed E-state index contributed by atoms with van der Waals surface area (Å²) >= 11 is 0. The number of aliphatic hydroxyl groups is 1. The second kappa shape index (κ2) is 6.83. The van der Waals surface area contributed by atoms with Crippen LogP contribution in [0.1, 0.15) is 19.8 Å². The van der Waals surface area contributed by atoms with Crippen LogP contribution in [0.2, 0.25) is 0 Å². The number of aliphatic carboxylic acids is 1. The lowest BCUT2D eigenvalue weighted by molar-refractivity contribution is -0.138. The van der Waals surface area contributed by atoms with Gasteiger partial charge < -0.3 is 15.5 Å². The van der Waals surface area contributed by atoms with E-state index in [1.54, 1.807) is 0 Å². The summed E-state index contributed by atoms with van der Waals surface area (Å²) in [5.74, 6) is -0.373. The molecule has 1 heterocycles. The van der Waals surface area contributed by atoms with E-state index in [0.717, 1.165) is 32.5 Å². The maximum absolute atomic E-state index is 10.7. The molecule has 5 nitrogen and oxygen atoms in total. The molecule has 0 aromatic carbocycles. The predicted molar refractivity (Wildman–Crippen MR) is 61.4 cm³/mol. The van der Waals surface area contributed by atoms with Crippen LogP contribution in [0, 0.1) is 5.92 Å². The number of nitrogens with one attached hydrogen (secondary N) is 1. The van der Waals surface area contributed by atoms with Crippen LogP contribution in [0.15, 0.2) is 0 Å². The largest absolute Gasteiger partial charge is 0.480 e. The van der Waals surface area contributed by atoms with Crippen LogP contribution in [0.5, 0.6) is 0 Å². The third-order valence-electron chi connectivity index (χ3n) is 3.00. The SMILES string of the molecule is CCNC1CC(CCO)CN(CC(=O)O)C1. The van der Waals surface area contributed by atoms with Gasteiger partial charge in [-0.25, -0.2) is 0 Å². The minimum Gasteiger partial charge on any atom is -0.480 e. The van der Waals surface area contributed by atoms with E-state index < -0.39 is 5.97 Å². The van der Waals surface area contributed by atoms with Crippen molar-refractivity contribution in [2.45, 2.75) is 25.8 Å². The Hall–Kier alpha value is -0.650. The monoisotopic (exact) mass is 230 g/mol. The first kappa shape index (κ1) is 13.4. The van der Waals surface area contributed by atoms with Crippen molar-refractivity contribution in [1.82, 2.24) is 10.2 Å². The highest BCUT2D eigenvalue weighted by Gasteiger charge is 2.27. The molecule has 0 amide bonds. The molecule has 0 bridgehead atoms. The van der Waals surface area contributed by atoms with E-state index in [2.05, 4.69) is 12.2 Å². The molecule has 0 aliphatic carbocycles. The summed E-state index contributed by atoms with van der Waals surface area (Å²) in [6.07, 6.45) is 1.79. The zero-order valence-electron chi connectivity index (χ0n) is 9.85. The predicted octanol–water partition coefficient (Wildman–Crippen LogP) is -0.247. The van der Waals surface area contributed by atoms with Gasteiger partial charge in [0.05, 0.1) is 6.54 Å². The van der Waals surface area contributed by atoms with Crippen LogP contribution in [0.4, 0.5) is 0 Å². The van der Waals surface area contributed by atoms with Gasteiger partial charge in [-0.1, -0.05) is 6.92 Å². The Labute approximate surface area is 96.4 Å². The molecular formula is C11H22N2O3. The standard InChI is InChI=1S/C11H22N2O3/c1-2-12-10-5-9(3-4-14)6-13(7-10)8-11(15)16/h9-10,12,14H,2-8H2,1H3,(H,15,16). The minimum absolute atomic E-state index is 0.101. The second-order valence-electron chi connectivity index (χ2n) is 4.46. The second-order valence-corrected chi connectivity index (χ2v) is 4.46. The van der Waals surface area contributed by atoms with Gasteiger partial charge in [-0.2, -0.15) is 0 Å². The van der Waals surface area contributed by atoms with E-state index in [4.69, 9.17) is 10.2 Å². The summed E-state index contributed by atoms with van der Waals surface area (Å²) in [5.41, 5.74) is 0. The smallest absolute Gasteiger partial charge is 0.317 e. The number of hydrogen-bond acceptors (Lipinski definition) is 4. The Morgan fingerprint density at radius 1 is 1.50 bits per heavy atom. The van der Waals surface area contributed by atoms with Crippen molar-refractivity contribution in [2.24, 2.45) is 5.92 Å². The molecule has 0 spiro atoms. The first-order valence-electron chi connectivity index (χ1n) is 5.94. The van der Waals surface area contributed by atoms with Crippen LogP contribution in [-0.4, -0.2) is 59.9 Å². The van der Waals surface area contributed by atoms with Crippen molar-refractivity contribution in [3.63, 3.8) is 0 Å². The average Bonchev–Trinajstić information content (AvgIpc) is 2.17. The van der Waals surface area contributed by atoms with Gasteiger partial charge >= 0.3 is 5.97 Å². The van der Waals surface area contributed by atoms with Crippen molar-refractivity contribution >= 4 is 5.97 Å². The maximum Gasteiger partial charge on any atom is 0.317 e. The number of aliphatic hydroxyl groups excluding tert-OH is 1. The van der Waals surface area contributed by atoms with Gasteiger partial charge in [0.25, 0.3) is 0 Å². The topological polar surface area (TPSA) is 72.8 Å². The normalized spacial score (nSPS) is 26.9. The molecule has 1 rings (SSSR count). The molecule has 0 radical (unpaired) electrons. The molecule has 16 heavy (non-hydrogen) atoms. The van der Waals surface area contributed by atoms with Crippen LogP contribution in [0.25, 0.3) is 0 Å². The third kappa shape index (κ3) is 4.47. The first-order chi connectivity index (χ1) is 7.65. The number of likely N-dealkylation sites (N-methyl/N-ethyl adjacent to an activating group) is 1. The number of hydrogen-bond donors (Lipinski definition) is 3. The van der Waals surface area contributed by atoms with Crippen molar-refractivity contribution < 1.29 is 15.0 Å². The summed E-state index contributed by atoms with van der Waals surface area (Å²) in [4.78, 5) is 12.6. The quantitative estimate of drug-likeness (QED) is 0.587. The van der Waals surface area contributed by atoms with Crippen LogP contribution >= 0.6 is 0 Å². The molecule has 1 aliphatic heterocycles. The lowest BCUT2D eigenvalue weighted by Gasteiger charge is -2.37. The molecular weight excluding hydrogens is 208 g/mol. The summed E-state index contributed by atoms with van der Waals surface area (Å²) in [6, 6.07) is 0.356. The van der Waals surface area contributed by atoms with Crippen molar-refractivity contribution in [2.75, 3.05) is 32.8 Å². The number of rotatable bonds is 6. The van der Waals surface area contributed by atoms with Gasteiger partial charge in [-0.05, 0) is 25.3 Å². The summed E-state index contributed by atoms with van der Waals surface area (Å²) in [7, 11) is 0. The minimum atomic E-state index is -0.778. The Morgan fingerprint density at radius 2 is 2.25 bits per heavy atom. The average molecular weight is 230 g/mol. The zero-order chi connectivity index (χ0) is 12.0. The van der Waals surface area contributed by atoms with Crippen LogP contribution in [0.3, 0.4) is 0 Å². The Balaban J connectivity index is 2.48. The van der Waals surface area contributed by atoms with E-state index in [0.29, 0.717) is 12.0 Å². The lowest BCUT2D eigenvalue weighted by Crippen LogP contribution is -2.50. The van der Waals surface area contributed by atoms with Crippen molar-refractivity contribution in [1.29, 1.82) is 0 Å². The Morgan fingerprint density at radius 3 is 2.81 bits per heavy atom. The van der Waals surface area contributed by atoms with Crippen LogP contribution < -0.4 is 5.32 Å². The Kier molecular flexibility index (Phi) is 5.73. The highest BCUT2D eigenvalue weighted by Crippen LogP contribution is 2.19. The maximum atomic E-state index is 10.7. The number of likely N-dealkylation sites (tertiary alicyclic amines) is 1. The number of carbonyl (C=O) groups is 1. The van der Waals surface area contributed by atoms with E-state index in [1.165, 1.54) is 0 Å².